The topological polar surface area (TPSA) is 29.5 Å². The number of ether oxygens (including phenoxy) is 1. The predicted octanol–water partition coefficient (Wildman–Crippen LogP) is 4.47. The van der Waals surface area contributed by atoms with Gasteiger partial charge >= 0.3 is 6.09 Å². The normalized spacial score (nSPS) is 11.2. The van der Waals surface area contributed by atoms with Crippen molar-refractivity contribution in [3.05, 3.63) is 29.8 Å². The Morgan fingerprint density at radius 1 is 1.21 bits per heavy atom. The van der Waals surface area contributed by atoms with Crippen molar-refractivity contribution in [2.24, 2.45) is 0 Å². The minimum absolute atomic E-state index is 0.148. The van der Waals surface area contributed by atoms with Crippen LogP contribution in [0.1, 0.15) is 40.2 Å². The second-order valence-electron chi connectivity index (χ2n) is 5.26. The first-order valence-corrected chi connectivity index (χ1v) is 7.38. The summed E-state index contributed by atoms with van der Waals surface area (Å²) >= 11 is 1.41. The maximum atomic E-state index is 11.7. The summed E-state index contributed by atoms with van der Waals surface area (Å²) < 4.78 is 6.63. The Bertz CT molecular complexity index is 409. The SMILES string of the molecule is CCOC(=O)N(CC)Sc1ccc(C(C)(C)C)cc1. The third kappa shape index (κ3) is 4.78. The number of rotatable bonds is 4. The number of hydrogen-bond acceptors (Lipinski definition) is 3. The van der Waals surface area contributed by atoms with Crippen molar-refractivity contribution < 1.29 is 9.53 Å². The van der Waals surface area contributed by atoms with E-state index in [-0.39, 0.29) is 11.5 Å². The summed E-state index contributed by atoms with van der Waals surface area (Å²) in [5.41, 5.74) is 1.44. The van der Waals surface area contributed by atoms with Gasteiger partial charge in [-0.05, 0) is 48.9 Å². The molecule has 0 radical (unpaired) electrons. The second-order valence-corrected chi connectivity index (χ2v) is 6.35. The van der Waals surface area contributed by atoms with Crippen LogP contribution in [-0.2, 0) is 10.2 Å². The third-order valence-electron chi connectivity index (χ3n) is 2.69. The van der Waals surface area contributed by atoms with E-state index in [0.29, 0.717) is 13.2 Å². The molecule has 4 heteroatoms. The van der Waals surface area contributed by atoms with Crippen LogP contribution >= 0.6 is 11.9 Å². The van der Waals surface area contributed by atoms with E-state index in [4.69, 9.17) is 4.74 Å². The summed E-state index contributed by atoms with van der Waals surface area (Å²) in [5, 5.41) is 0. The van der Waals surface area contributed by atoms with Crippen LogP contribution in [-0.4, -0.2) is 23.6 Å². The maximum Gasteiger partial charge on any atom is 0.420 e. The Hall–Kier alpha value is -1.16. The molecule has 1 aromatic rings. The van der Waals surface area contributed by atoms with Crippen LogP contribution in [0.2, 0.25) is 0 Å². The zero-order valence-electron chi connectivity index (χ0n) is 12.4. The first kappa shape index (κ1) is 15.9. The van der Waals surface area contributed by atoms with Crippen molar-refractivity contribution in [1.29, 1.82) is 0 Å². The molecule has 0 aliphatic carbocycles. The molecule has 1 aromatic carbocycles. The lowest BCUT2D eigenvalue weighted by Crippen LogP contribution is -2.24. The fourth-order valence-corrected chi connectivity index (χ4v) is 2.34. The van der Waals surface area contributed by atoms with Gasteiger partial charge in [-0.25, -0.2) is 9.10 Å². The van der Waals surface area contributed by atoms with Crippen LogP contribution < -0.4 is 0 Å². The summed E-state index contributed by atoms with van der Waals surface area (Å²) in [6.45, 7) is 11.3. The number of hydrogen-bond donors (Lipinski definition) is 0. The van der Waals surface area contributed by atoms with Crippen LogP contribution in [0.5, 0.6) is 0 Å². The minimum atomic E-state index is -0.283. The van der Waals surface area contributed by atoms with Gasteiger partial charge in [-0.3, -0.25) is 0 Å². The average Bonchev–Trinajstić information content (AvgIpc) is 2.35. The second kappa shape index (κ2) is 6.85. The van der Waals surface area contributed by atoms with Crippen molar-refractivity contribution >= 4 is 18.0 Å². The molecule has 0 N–H and O–H groups in total. The number of nitrogens with zero attached hydrogens (tertiary/aromatic N) is 1. The van der Waals surface area contributed by atoms with Crippen LogP contribution in [0.25, 0.3) is 0 Å². The molecule has 0 aromatic heterocycles. The fourth-order valence-electron chi connectivity index (χ4n) is 1.57. The summed E-state index contributed by atoms with van der Waals surface area (Å²) in [4.78, 5) is 12.7. The van der Waals surface area contributed by atoms with E-state index >= 15 is 0 Å². The van der Waals surface area contributed by atoms with Crippen molar-refractivity contribution in [3.63, 3.8) is 0 Å². The molecule has 0 saturated heterocycles. The Balaban J connectivity index is 2.73. The molecular formula is C15H23NO2S. The first-order chi connectivity index (χ1) is 8.88. The van der Waals surface area contributed by atoms with Crippen molar-refractivity contribution in [1.82, 2.24) is 4.31 Å². The third-order valence-corrected chi connectivity index (χ3v) is 3.81. The Morgan fingerprint density at radius 3 is 2.21 bits per heavy atom. The van der Waals surface area contributed by atoms with E-state index in [0.717, 1.165) is 4.90 Å². The molecule has 1 amide bonds. The quantitative estimate of drug-likeness (QED) is 0.763. The highest BCUT2D eigenvalue weighted by atomic mass is 32.2. The first-order valence-electron chi connectivity index (χ1n) is 6.61. The van der Waals surface area contributed by atoms with Gasteiger partial charge < -0.3 is 4.74 Å². The molecule has 0 bridgehead atoms. The van der Waals surface area contributed by atoms with Gasteiger partial charge in [0.1, 0.15) is 0 Å². The maximum absolute atomic E-state index is 11.7. The average molecular weight is 281 g/mol. The molecule has 0 heterocycles. The predicted molar refractivity (Wildman–Crippen MR) is 80.4 cm³/mol. The van der Waals surface area contributed by atoms with E-state index in [1.165, 1.54) is 17.5 Å². The van der Waals surface area contributed by atoms with Gasteiger partial charge in [-0.2, -0.15) is 0 Å². The van der Waals surface area contributed by atoms with Crippen molar-refractivity contribution in [2.45, 2.75) is 44.9 Å². The fraction of sp³-hybridized carbons (Fsp3) is 0.533. The van der Waals surface area contributed by atoms with Gasteiger partial charge in [0.2, 0.25) is 0 Å². The molecule has 0 spiro atoms. The van der Waals surface area contributed by atoms with Gasteiger partial charge in [-0.15, -0.1) is 0 Å². The molecule has 1 rings (SSSR count). The van der Waals surface area contributed by atoms with E-state index in [2.05, 4.69) is 32.9 Å². The molecule has 106 valence electrons. The Kier molecular flexibility index (Phi) is 5.73. The van der Waals surface area contributed by atoms with Crippen LogP contribution in [0.15, 0.2) is 29.2 Å². The van der Waals surface area contributed by atoms with Gasteiger partial charge in [0.05, 0.1) is 6.61 Å². The highest BCUT2D eigenvalue weighted by molar-refractivity contribution is 7.97. The number of carbonyl (C=O) groups excluding carboxylic acids is 1. The van der Waals surface area contributed by atoms with Gasteiger partial charge in [0.25, 0.3) is 0 Å². The number of carbonyl (C=O) groups is 1. The molecular weight excluding hydrogens is 258 g/mol. The molecule has 0 fully saturated rings. The van der Waals surface area contributed by atoms with Gasteiger partial charge in [-0.1, -0.05) is 32.9 Å². The molecule has 0 aliphatic heterocycles. The van der Waals surface area contributed by atoms with Gasteiger partial charge in [0, 0.05) is 11.4 Å². The summed E-state index contributed by atoms with van der Waals surface area (Å²) in [6, 6.07) is 8.32. The van der Waals surface area contributed by atoms with Crippen LogP contribution in [0, 0.1) is 0 Å². The largest absolute Gasteiger partial charge is 0.449 e. The van der Waals surface area contributed by atoms with Crippen LogP contribution in [0.3, 0.4) is 0 Å². The number of benzene rings is 1. The summed E-state index contributed by atoms with van der Waals surface area (Å²) in [5.74, 6) is 0. The van der Waals surface area contributed by atoms with Crippen molar-refractivity contribution in [3.8, 4) is 0 Å². The lowest BCUT2D eigenvalue weighted by atomic mass is 9.87. The van der Waals surface area contributed by atoms with E-state index in [9.17, 15) is 4.79 Å². The zero-order valence-corrected chi connectivity index (χ0v) is 13.2. The van der Waals surface area contributed by atoms with E-state index in [1.54, 1.807) is 4.31 Å². The molecule has 0 atom stereocenters. The minimum Gasteiger partial charge on any atom is -0.449 e. The van der Waals surface area contributed by atoms with E-state index < -0.39 is 0 Å². The Labute approximate surface area is 120 Å². The summed E-state index contributed by atoms with van der Waals surface area (Å²) in [7, 11) is 0. The molecule has 19 heavy (non-hydrogen) atoms. The highest BCUT2D eigenvalue weighted by Crippen LogP contribution is 2.27. The lowest BCUT2D eigenvalue weighted by molar-refractivity contribution is 0.135. The molecule has 0 saturated carbocycles. The molecule has 3 nitrogen and oxygen atoms in total. The van der Waals surface area contributed by atoms with Crippen molar-refractivity contribution in [2.75, 3.05) is 13.2 Å². The lowest BCUT2D eigenvalue weighted by Gasteiger charge is -2.21. The van der Waals surface area contributed by atoms with Gasteiger partial charge in [0.15, 0.2) is 0 Å². The van der Waals surface area contributed by atoms with E-state index in [1.807, 2.05) is 26.0 Å². The highest BCUT2D eigenvalue weighted by Gasteiger charge is 2.16. The summed E-state index contributed by atoms with van der Waals surface area (Å²) in [6.07, 6.45) is -0.283. The molecule has 0 aliphatic rings. The Morgan fingerprint density at radius 2 is 1.79 bits per heavy atom. The molecule has 0 unspecified atom stereocenters. The smallest absolute Gasteiger partial charge is 0.420 e. The van der Waals surface area contributed by atoms with Crippen LogP contribution in [0.4, 0.5) is 4.79 Å². The monoisotopic (exact) mass is 281 g/mol. The zero-order chi connectivity index (χ0) is 14.5. The standard InChI is InChI=1S/C15H23NO2S/c1-6-16(14(17)18-7-2)19-13-10-8-12(9-11-13)15(3,4)5/h8-11H,6-7H2,1-5H3. The number of amides is 1.